The van der Waals surface area contributed by atoms with Crippen LogP contribution in [0.4, 0.5) is 5.69 Å². The van der Waals surface area contributed by atoms with Crippen molar-refractivity contribution in [1.29, 1.82) is 0 Å². The second-order valence-corrected chi connectivity index (χ2v) is 5.70. The molecule has 0 aromatic heterocycles. The molecule has 106 valence electrons. The van der Waals surface area contributed by atoms with Crippen molar-refractivity contribution in [3.63, 3.8) is 0 Å². The van der Waals surface area contributed by atoms with Crippen LogP contribution in [0.15, 0.2) is 12.1 Å². The van der Waals surface area contributed by atoms with Crippen molar-refractivity contribution in [3.8, 4) is 5.75 Å². The highest BCUT2D eigenvalue weighted by Gasteiger charge is 2.17. The van der Waals surface area contributed by atoms with E-state index in [1.165, 1.54) is 6.42 Å². The quantitative estimate of drug-likeness (QED) is 0.830. The Morgan fingerprint density at radius 2 is 2.16 bits per heavy atom. The van der Waals surface area contributed by atoms with Crippen LogP contribution in [0.3, 0.4) is 0 Å². The highest BCUT2D eigenvalue weighted by Crippen LogP contribution is 2.31. The highest BCUT2D eigenvalue weighted by atomic mass is 16.7. The van der Waals surface area contributed by atoms with Crippen molar-refractivity contribution in [2.24, 2.45) is 5.92 Å². The van der Waals surface area contributed by atoms with Gasteiger partial charge < -0.3 is 20.1 Å². The third kappa shape index (κ3) is 3.85. The summed E-state index contributed by atoms with van der Waals surface area (Å²) in [5, 5.41) is 0. The van der Waals surface area contributed by atoms with Crippen molar-refractivity contribution in [3.05, 3.63) is 23.3 Å². The zero-order valence-electron chi connectivity index (χ0n) is 12.1. The van der Waals surface area contributed by atoms with Crippen LogP contribution >= 0.6 is 0 Å². The Balaban J connectivity index is 2.09. The number of hydrogen-bond acceptors (Lipinski definition) is 4. The molecular weight excluding hydrogens is 240 g/mol. The van der Waals surface area contributed by atoms with Gasteiger partial charge in [0.1, 0.15) is 5.75 Å². The van der Waals surface area contributed by atoms with E-state index in [9.17, 15) is 0 Å². The van der Waals surface area contributed by atoms with E-state index in [-0.39, 0.29) is 0 Å². The summed E-state index contributed by atoms with van der Waals surface area (Å²) in [6.45, 7) is 7.36. The van der Waals surface area contributed by atoms with Crippen molar-refractivity contribution < 1.29 is 9.47 Å². The highest BCUT2D eigenvalue weighted by molar-refractivity contribution is 5.53. The summed E-state index contributed by atoms with van der Waals surface area (Å²) in [7, 11) is 2.14. The molecule has 1 aromatic rings. The van der Waals surface area contributed by atoms with Crippen LogP contribution in [-0.2, 0) is 17.9 Å². The molecule has 1 aromatic carbocycles. The minimum atomic E-state index is 0.333. The summed E-state index contributed by atoms with van der Waals surface area (Å²) in [5.74, 6) is 1.68. The fraction of sp³-hybridized carbons (Fsp3) is 0.600. The van der Waals surface area contributed by atoms with Crippen molar-refractivity contribution in [2.45, 2.75) is 33.4 Å². The molecule has 0 saturated carbocycles. The average Bonchev–Trinajstić information content (AvgIpc) is 2.36. The largest absolute Gasteiger partial charge is 0.467 e. The average molecular weight is 264 g/mol. The number of fused-ring (bicyclic) bond motifs is 1. The first kappa shape index (κ1) is 14.2. The summed E-state index contributed by atoms with van der Waals surface area (Å²) in [4.78, 5) is 2.31. The normalized spacial score (nSPS) is 14.6. The molecule has 19 heavy (non-hydrogen) atoms. The van der Waals surface area contributed by atoms with E-state index in [0.717, 1.165) is 41.6 Å². The molecule has 2 N–H and O–H groups in total. The number of rotatable bonds is 5. The molecule has 0 radical (unpaired) electrons. The van der Waals surface area contributed by atoms with Crippen molar-refractivity contribution in [2.75, 3.05) is 26.1 Å². The maximum atomic E-state index is 5.95. The zero-order valence-corrected chi connectivity index (χ0v) is 12.1. The monoisotopic (exact) mass is 264 g/mol. The Bertz CT molecular complexity index is 432. The standard InChI is InChI=1S/C15H24N2O2/c1-11(2)4-5-17(3)8-12-6-14(16)7-13-9-18-10-19-15(12)13/h6-7,11H,4-5,8-10,16H2,1-3H3. The number of anilines is 1. The molecule has 2 rings (SSSR count). The van der Waals surface area contributed by atoms with Gasteiger partial charge in [-0.15, -0.1) is 0 Å². The van der Waals surface area contributed by atoms with Crippen molar-refractivity contribution in [1.82, 2.24) is 4.90 Å². The molecule has 0 spiro atoms. The van der Waals surface area contributed by atoms with Gasteiger partial charge in [0.2, 0.25) is 0 Å². The molecular formula is C15H24N2O2. The fourth-order valence-electron chi connectivity index (χ4n) is 2.29. The van der Waals surface area contributed by atoms with Gasteiger partial charge in [-0.25, -0.2) is 0 Å². The molecule has 1 aliphatic rings. The SMILES string of the molecule is CC(C)CCN(C)Cc1cc(N)cc2c1OCOC2. The van der Waals surface area contributed by atoms with E-state index in [2.05, 4.69) is 25.8 Å². The van der Waals surface area contributed by atoms with Gasteiger partial charge in [0.25, 0.3) is 0 Å². The van der Waals surface area contributed by atoms with Crippen LogP contribution in [0, 0.1) is 5.92 Å². The second-order valence-electron chi connectivity index (χ2n) is 5.70. The Kier molecular flexibility index (Phi) is 4.66. The summed E-state index contributed by atoms with van der Waals surface area (Å²) in [6.07, 6.45) is 1.20. The molecule has 0 atom stereocenters. The smallest absolute Gasteiger partial charge is 0.189 e. The van der Waals surface area contributed by atoms with Crippen LogP contribution in [-0.4, -0.2) is 25.3 Å². The molecule has 1 heterocycles. The summed E-state index contributed by atoms with van der Waals surface area (Å²) in [5.41, 5.74) is 8.94. The van der Waals surface area contributed by atoms with Gasteiger partial charge in [0.15, 0.2) is 6.79 Å². The third-order valence-corrected chi connectivity index (χ3v) is 3.34. The van der Waals surface area contributed by atoms with E-state index in [1.807, 2.05) is 12.1 Å². The van der Waals surface area contributed by atoms with Crippen LogP contribution in [0.1, 0.15) is 31.4 Å². The maximum absolute atomic E-state index is 5.95. The number of nitrogens with two attached hydrogens (primary N) is 1. The molecule has 0 aliphatic carbocycles. The van der Waals surface area contributed by atoms with Gasteiger partial charge in [-0.1, -0.05) is 13.8 Å². The van der Waals surface area contributed by atoms with Crippen molar-refractivity contribution >= 4 is 5.69 Å². The predicted molar refractivity (Wildman–Crippen MR) is 76.9 cm³/mol. The van der Waals surface area contributed by atoms with Crippen LogP contribution in [0.5, 0.6) is 5.75 Å². The molecule has 0 fully saturated rings. The zero-order chi connectivity index (χ0) is 13.8. The number of ether oxygens (including phenoxy) is 2. The summed E-state index contributed by atoms with van der Waals surface area (Å²) in [6, 6.07) is 3.95. The lowest BCUT2D eigenvalue weighted by molar-refractivity contribution is -0.0173. The van der Waals surface area contributed by atoms with E-state index < -0.39 is 0 Å². The number of nitrogens with zero attached hydrogens (tertiary/aromatic N) is 1. The second kappa shape index (κ2) is 6.26. The lowest BCUT2D eigenvalue weighted by Crippen LogP contribution is -2.22. The molecule has 4 heteroatoms. The Morgan fingerprint density at radius 1 is 1.37 bits per heavy atom. The Labute approximate surface area is 115 Å². The van der Waals surface area contributed by atoms with Gasteiger partial charge >= 0.3 is 0 Å². The van der Waals surface area contributed by atoms with Gasteiger partial charge in [-0.3, -0.25) is 0 Å². The number of benzene rings is 1. The van der Waals surface area contributed by atoms with Crippen LogP contribution in [0.25, 0.3) is 0 Å². The molecule has 0 amide bonds. The Morgan fingerprint density at radius 3 is 2.89 bits per heavy atom. The van der Waals surface area contributed by atoms with E-state index in [1.54, 1.807) is 0 Å². The Hall–Kier alpha value is -1.26. The first-order valence-electron chi connectivity index (χ1n) is 6.86. The number of nitrogen functional groups attached to an aromatic ring is 1. The maximum Gasteiger partial charge on any atom is 0.189 e. The van der Waals surface area contributed by atoms with Gasteiger partial charge in [0, 0.05) is 23.4 Å². The van der Waals surface area contributed by atoms with E-state index in [4.69, 9.17) is 15.2 Å². The van der Waals surface area contributed by atoms with E-state index >= 15 is 0 Å². The lowest BCUT2D eigenvalue weighted by Gasteiger charge is -2.24. The van der Waals surface area contributed by atoms with Gasteiger partial charge in [-0.2, -0.15) is 0 Å². The number of hydrogen-bond donors (Lipinski definition) is 1. The lowest BCUT2D eigenvalue weighted by atomic mass is 10.1. The first-order chi connectivity index (χ1) is 9.06. The molecule has 4 nitrogen and oxygen atoms in total. The minimum absolute atomic E-state index is 0.333. The minimum Gasteiger partial charge on any atom is -0.467 e. The van der Waals surface area contributed by atoms with Gasteiger partial charge in [0.05, 0.1) is 6.61 Å². The molecule has 0 bridgehead atoms. The van der Waals surface area contributed by atoms with Gasteiger partial charge in [-0.05, 0) is 38.1 Å². The topological polar surface area (TPSA) is 47.7 Å². The molecule has 0 unspecified atom stereocenters. The predicted octanol–water partition coefficient (Wildman–Crippen LogP) is 2.61. The third-order valence-electron chi connectivity index (χ3n) is 3.34. The van der Waals surface area contributed by atoms with Crippen LogP contribution < -0.4 is 10.5 Å². The first-order valence-corrected chi connectivity index (χ1v) is 6.86. The summed E-state index contributed by atoms with van der Waals surface area (Å²) >= 11 is 0. The fourth-order valence-corrected chi connectivity index (χ4v) is 2.29. The molecule has 0 saturated heterocycles. The van der Waals surface area contributed by atoms with E-state index in [0.29, 0.717) is 13.4 Å². The summed E-state index contributed by atoms with van der Waals surface area (Å²) < 4.78 is 10.9. The molecule has 1 aliphatic heterocycles. The van der Waals surface area contributed by atoms with Crippen LogP contribution in [0.2, 0.25) is 0 Å².